The maximum atomic E-state index is 13.1. The summed E-state index contributed by atoms with van der Waals surface area (Å²) in [6.07, 6.45) is 0. The Balaban J connectivity index is 1.78. The van der Waals surface area contributed by atoms with Crippen molar-refractivity contribution in [3.05, 3.63) is 107 Å². The highest BCUT2D eigenvalue weighted by Gasteiger charge is 2.51. The molecular weight excluding hydrogens is 280 g/mol. The molecule has 0 aliphatic heterocycles. The third-order valence-electron chi connectivity index (χ3n) is 5.41. The van der Waals surface area contributed by atoms with Gasteiger partial charge < -0.3 is 0 Å². The summed E-state index contributed by atoms with van der Waals surface area (Å²) in [7, 11) is 0. The fraction of sp³-hybridized carbons (Fsp3) is 0.136. The first-order valence-corrected chi connectivity index (χ1v) is 8.13. The maximum absolute atomic E-state index is 13.1. The molecule has 110 valence electrons. The third kappa shape index (κ3) is 1.65. The number of hydrogen-bond acceptors (Lipinski definition) is 1. The highest BCUT2D eigenvalue weighted by Crippen LogP contribution is 2.57. The zero-order valence-corrected chi connectivity index (χ0v) is 12.6. The Bertz CT molecular complexity index is 895. The second-order valence-corrected chi connectivity index (χ2v) is 6.47. The number of ketones is 1. The van der Waals surface area contributed by atoms with Gasteiger partial charge in [-0.15, -0.1) is 0 Å². The molecule has 3 aromatic carbocycles. The normalized spacial score (nSPS) is 24.2. The van der Waals surface area contributed by atoms with Crippen LogP contribution in [-0.2, 0) is 0 Å². The molecule has 3 aromatic rings. The molecule has 2 aliphatic rings. The van der Waals surface area contributed by atoms with Crippen LogP contribution < -0.4 is 0 Å². The molecule has 1 nitrogen and oxygen atoms in total. The molecular formula is C22H16O. The summed E-state index contributed by atoms with van der Waals surface area (Å²) in [5.41, 5.74) is 6.00. The van der Waals surface area contributed by atoms with E-state index in [0.717, 1.165) is 5.56 Å². The molecule has 0 saturated heterocycles. The quantitative estimate of drug-likeness (QED) is 0.632. The predicted octanol–water partition coefficient (Wildman–Crippen LogP) is 4.78. The Hall–Kier alpha value is -2.67. The number of benzene rings is 3. The standard InChI is InChI=1S/C22H16O/c23-22-18-13-7-6-12-17(18)20-16-11-5-4-10-15(16)19(21(20)22)14-8-2-1-3-9-14/h1-13,19-21H/t19-,20+,21+/m0/s1. The lowest BCUT2D eigenvalue weighted by molar-refractivity contribution is 0.0925. The van der Waals surface area contributed by atoms with Crippen molar-refractivity contribution < 1.29 is 4.79 Å². The average molecular weight is 296 g/mol. The lowest BCUT2D eigenvalue weighted by Gasteiger charge is -2.19. The summed E-state index contributed by atoms with van der Waals surface area (Å²) in [6.45, 7) is 0. The Morgan fingerprint density at radius 2 is 1.13 bits per heavy atom. The van der Waals surface area contributed by atoms with Gasteiger partial charge in [0.1, 0.15) is 0 Å². The van der Waals surface area contributed by atoms with Gasteiger partial charge in [-0.3, -0.25) is 4.79 Å². The maximum Gasteiger partial charge on any atom is 0.168 e. The van der Waals surface area contributed by atoms with Gasteiger partial charge >= 0.3 is 0 Å². The second-order valence-electron chi connectivity index (χ2n) is 6.47. The molecule has 0 radical (unpaired) electrons. The minimum absolute atomic E-state index is 0.00667. The first kappa shape index (κ1) is 12.8. The SMILES string of the molecule is O=C1c2ccccc2[C@H]2c3ccccc3[C@H](c3ccccc3)[C@@H]12. The van der Waals surface area contributed by atoms with Gasteiger partial charge in [-0.25, -0.2) is 0 Å². The van der Waals surface area contributed by atoms with Crippen LogP contribution in [0.25, 0.3) is 0 Å². The van der Waals surface area contributed by atoms with Crippen LogP contribution >= 0.6 is 0 Å². The Morgan fingerprint density at radius 3 is 1.87 bits per heavy atom. The number of carbonyl (C=O) groups is 1. The molecule has 3 atom stereocenters. The zero-order chi connectivity index (χ0) is 15.4. The van der Waals surface area contributed by atoms with Crippen molar-refractivity contribution in [3.63, 3.8) is 0 Å². The molecule has 0 heterocycles. The molecule has 0 fully saturated rings. The van der Waals surface area contributed by atoms with E-state index in [1.807, 2.05) is 24.3 Å². The van der Waals surface area contributed by atoms with Gasteiger partial charge in [-0.1, -0.05) is 78.9 Å². The molecule has 2 aliphatic carbocycles. The van der Waals surface area contributed by atoms with Gasteiger partial charge in [0.15, 0.2) is 5.78 Å². The first-order valence-electron chi connectivity index (χ1n) is 8.13. The number of carbonyl (C=O) groups excluding carboxylic acids is 1. The van der Waals surface area contributed by atoms with E-state index in [9.17, 15) is 4.79 Å². The second kappa shape index (κ2) is 4.66. The lowest BCUT2D eigenvalue weighted by atomic mass is 9.82. The Kier molecular flexibility index (Phi) is 2.60. The van der Waals surface area contributed by atoms with Crippen LogP contribution in [0.1, 0.15) is 44.4 Å². The van der Waals surface area contributed by atoms with E-state index in [1.165, 1.54) is 22.3 Å². The fourth-order valence-electron chi connectivity index (χ4n) is 4.54. The molecule has 0 spiro atoms. The Labute approximate surface area is 135 Å². The highest BCUT2D eigenvalue weighted by atomic mass is 16.1. The van der Waals surface area contributed by atoms with Gasteiger partial charge in [0, 0.05) is 23.3 Å². The smallest absolute Gasteiger partial charge is 0.168 e. The number of hydrogen-bond donors (Lipinski definition) is 0. The topological polar surface area (TPSA) is 17.1 Å². The molecule has 0 bridgehead atoms. The van der Waals surface area contributed by atoms with E-state index in [0.29, 0.717) is 5.78 Å². The van der Waals surface area contributed by atoms with Crippen LogP contribution in [0.3, 0.4) is 0 Å². The van der Waals surface area contributed by atoms with Crippen molar-refractivity contribution in [2.45, 2.75) is 11.8 Å². The lowest BCUT2D eigenvalue weighted by Crippen LogP contribution is -2.17. The van der Waals surface area contributed by atoms with Crippen LogP contribution in [0.4, 0.5) is 0 Å². The number of Topliss-reactive ketones (excluding diaryl/α,β-unsaturated/α-hetero) is 1. The van der Waals surface area contributed by atoms with Crippen molar-refractivity contribution >= 4 is 5.78 Å². The molecule has 1 heteroatoms. The fourth-order valence-corrected chi connectivity index (χ4v) is 4.54. The molecule has 0 unspecified atom stereocenters. The summed E-state index contributed by atoms with van der Waals surface area (Å²) < 4.78 is 0. The minimum atomic E-state index is 0.00667. The van der Waals surface area contributed by atoms with E-state index >= 15 is 0 Å². The van der Waals surface area contributed by atoms with E-state index < -0.39 is 0 Å². The van der Waals surface area contributed by atoms with Crippen LogP contribution in [0.15, 0.2) is 78.9 Å². The van der Waals surface area contributed by atoms with Crippen molar-refractivity contribution in [3.8, 4) is 0 Å². The van der Waals surface area contributed by atoms with Crippen molar-refractivity contribution in [2.24, 2.45) is 5.92 Å². The highest BCUT2D eigenvalue weighted by molar-refractivity contribution is 6.05. The largest absolute Gasteiger partial charge is 0.294 e. The molecule has 0 amide bonds. The van der Waals surface area contributed by atoms with Crippen molar-refractivity contribution in [1.29, 1.82) is 0 Å². The third-order valence-corrected chi connectivity index (χ3v) is 5.41. The predicted molar refractivity (Wildman–Crippen MR) is 90.8 cm³/mol. The van der Waals surface area contributed by atoms with Crippen LogP contribution in [0.2, 0.25) is 0 Å². The molecule has 0 saturated carbocycles. The average Bonchev–Trinajstić information content (AvgIpc) is 3.10. The summed E-state index contributed by atoms with van der Waals surface area (Å²) in [5.74, 6) is 0.681. The van der Waals surface area contributed by atoms with E-state index in [-0.39, 0.29) is 17.8 Å². The van der Waals surface area contributed by atoms with E-state index in [4.69, 9.17) is 0 Å². The van der Waals surface area contributed by atoms with Crippen LogP contribution in [0.5, 0.6) is 0 Å². The summed E-state index contributed by atoms with van der Waals surface area (Å²) >= 11 is 0. The monoisotopic (exact) mass is 296 g/mol. The van der Waals surface area contributed by atoms with Gasteiger partial charge in [0.25, 0.3) is 0 Å². The number of fused-ring (bicyclic) bond motifs is 5. The van der Waals surface area contributed by atoms with E-state index in [1.54, 1.807) is 0 Å². The zero-order valence-electron chi connectivity index (χ0n) is 12.6. The molecule has 0 N–H and O–H groups in total. The molecule has 0 aromatic heterocycles. The van der Waals surface area contributed by atoms with E-state index in [2.05, 4.69) is 54.6 Å². The van der Waals surface area contributed by atoms with Gasteiger partial charge in [0.05, 0.1) is 0 Å². The van der Waals surface area contributed by atoms with Crippen molar-refractivity contribution in [2.75, 3.05) is 0 Å². The Morgan fingerprint density at radius 1 is 0.565 bits per heavy atom. The molecule has 5 rings (SSSR count). The molecule has 23 heavy (non-hydrogen) atoms. The van der Waals surface area contributed by atoms with Gasteiger partial charge in [0.2, 0.25) is 0 Å². The minimum Gasteiger partial charge on any atom is -0.294 e. The number of rotatable bonds is 1. The van der Waals surface area contributed by atoms with Gasteiger partial charge in [-0.05, 0) is 22.3 Å². The first-order chi connectivity index (χ1) is 11.4. The summed E-state index contributed by atoms with van der Waals surface area (Å²) in [5, 5.41) is 0. The van der Waals surface area contributed by atoms with Crippen molar-refractivity contribution in [1.82, 2.24) is 0 Å². The van der Waals surface area contributed by atoms with Crippen LogP contribution in [0, 0.1) is 5.92 Å². The summed E-state index contributed by atoms with van der Waals surface area (Å²) in [4.78, 5) is 13.1. The summed E-state index contributed by atoms with van der Waals surface area (Å²) in [6, 6.07) is 27.2. The van der Waals surface area contributed by atoms with Crippen LogP contribution in [-0.4, -0.2) is 5.78 Å². The van der Waals surface area contributed by atoms with Gasteiger partial charge in [-0.2, -0.15) is 0 Å².